The molecule has 1 saturated carbocycles. The first kappa shape index (κ1) is 6.89. The molecule has 0 radical (unpaired) electrons. The number of hydrogen-bond donors (Lipinski definition) is 1. The van der Waals surface area contributed by atoms with Gasteiger partial charge in [0.15, 0.2) is 0 Å². The van der Waals surface area contributed by atoms with Gasteiger partial charge >= 0.3 is 5.97 Å². The first-order chi connectivity index (χ1) is 5.20. The number of carboxylic acid groups (broad SMARTS) is 1. The molecule has 2 aliphatic carbocycles. The van der Waals surface area contributed by atoms with Crippen LogP contribution in [0, 0.1) is 23.7 Å². The summed E-state index contributed by atoms with van der Waals surface area (Å²) in [6.07, 6.45) is 5.32. The van der Waals surface area contributed by atoms with Crippen molar-refractivity contribution in [1.29, 1.82) is 0 Å². The molecule has 2 nitrogen and oxygen atoms in total. The van der Waals surface area contributed by atoms with E-state index < -0.39 is 5.97 Å². The Morgan fingerprint density at radius 2 is 2.09 bits per heavy atom. The fraction of sp³-hybridized carbons (Fsp3) is 0.667. The third-order valence-corrected chi connectivity index (χ3v) is 3.14. The van der Waals surface area contributed by atoms with E-state index in [0.29, 0.717) is 17.8 Å². The van der Waals surface area contributed by atoms with Gasteiger partial charge in [-0.1, -0.05) is 19.1 Å². The Balaban J connectivity index is 2.25. The molecule has 2 heteroatoms. The smallest absolute Gasteiger partial charge is 0.307 e. The van der Waals surface area contributed by atoms with Crippen molar-refractivity contribution in [3.8, 4) is 0 Å². The molecule has 4 atom stereocenters. The van der Waals surface area contributed by atoms with Crippen molar-refractivity contribution in [2.24, 2.45) is 23.7 Å². The van der Waals surface area contributed by atoms with Gasteiger partial charge in [0.05, 0.1) is 5.92 Å². The Hall–Kier alpha value is -0.790. The molecule has 0 amide bonds. The van der Waals surface area contributed by atoms with Crippen molar-refractivity contribution in [1.82, 2.24) is 0 Å². The Morgan fingerprint density at radius 1 is 1.45 bits per heavy atom. The van der Waals surface area contributed by atoms with Gasteiger partial charge in [0.25, 0.3) is 0 Å². The second-order valence-electron chi connectivity index (χ2n) is 3.67. The minimum absolute atomic E-state index is 0.106. The van der Waals surface area contributed by atoms with E-state index in [2.05, 4.69) is 12.2 Å². The predicted octanol–water partition coefficient (Wildman–Crippen LogP) is 1.53. The van der Waals surface area contributed by atoms with E-state index in [4.69, 9.17) is 5.11 Å². The Kier molecular flexibility index (Phi) is 1.31. The molecular weight excluding hydrogens is 140 g/mol. The molecule has 2 bridgehead atoms. The van der Waals surface area contributed by atoms with E-state index in [1.807, 2.05) is 6.92 Å². The van der Waals surface area contributed by atoms with E-state index in [9.17, 15) is 4.79 Å². The number of allylic oxidation sites excluding steroid dienone is 2. The van der Waals surface area contributed by atoms with Crippen LogP contribution in [0.1, 0.15) is 13.3 Å². The largest absolute Gasteiger partial charge is 0.481 e. The summed E-state index contributed by atoms with van der Waals surface area (Å²) in [5.74, 6) is 0.496. The Morgan fingerprint density at radius 3 is 2.45 bits per heavy atom. The number of aliphatic carboxylic acids is 1. The number of carbonyl (C=O) groups is 1. The molecule has 2 aliphatic rings. The van der Waals surface area contributed by atoms with E-state index >= 15 is 0 Å². The fourth-order valence-corrected chi connectivity index (χ4v) is 2.48. The highest BCUT2D eigenvalue weighted by Gasteiger charge is 2.45. The van der Waals surface area contributed by atoms with E-state index in [1.54, 1.807) is 0 Å². The second kappa shape index (κ2) is 2.10. The number of rotatable bonds is 1. The van der Waals surface area contributed by atoms with Gasteiger partial charge in [0.2, 0.25) is 0 Å². The molecule has 0 aliphatic heterocycles. The topological polar surface area (TPSA) is 37.3 Å². The van der Waals surface area contributed by atoms with Crippen LogP contribution in [-0.4, -0.2) is 11.1 Å². The summed E-state index contributed by atoms with van der Waals surface area (Å²) in [6.45, 7) is 2.05. The molecule has 0 heterocycles. The maximum atomic E-state index is 10.8. The van der Waals surface area contributed by atoms with Crippen LogP contribution in [0.2, 0.25) is 0 Å². The van der Waals surface area contributed by atoms with E-state index in [1.165, 1.54) is 0 Å². The van der Waals surface area contributed by atoms with Gasteiger partial charge in [-0.15, -0.1) is 0 Å². The predicted molar refractivity (Wildman–Crippen MR) is 41.0 cm³/mol. The standard InChI is InChI=1S/C9H12O2/c1-5-6-2-3-7(4-6)8(5)9(10)11/h2-3,5-8H,4H2,1H3,(H,10,11)/t5-,6-,7-,8+/m0/s1. The van der Waals surface area contributed by atoms with Crippen molar-refractivity contribution in [2.75, 3.05) is 0 Å². The highest BCUT2D eigenvalue weighted by Crippen LogP contribution is 2.47. The van der Waals surface area contributed by atoms with Crippen LogP contribution >= 0.6 is 0 Å². The lowest BCUT2D eigenvalue weighted by atomic mass is 9.85. The van der Waals surface area contributed by atoms with Crippen LogP contribution in [0.15, 0.2) is 12.2 Å². The molecule has 2 rings (SSSR count). The normalized spacial score (nSPS) is 46.6. The van der Waals surface area contributed by atoms with Crippen molar-refractivity contribution >= 4 is 5.97 Å². The molecule has 0 aromatic rings. The molecule has 0 aromatic carbocycles. The van der Waals surface area contributed by atoms with Gasteiger partial charge in [0.1, 0.15) is 0 Å². The molecule has 0 unspecified atom stereocenters. The van der Waals surface area contributed by atoms with E-state index in [0.717, 1.165) is 6.42 Å². The summed E-state index contributed by atoms with van der Waals surface area (Å²) in [6, 6.07) is 0. The molecule has 60 valence electrons. The third-order valence-electron chi connectivity index (χ3n) is 3.14. The summed E-state index contributed by atoms with van der Waals surface area (Å²) in [5, 5.41) is 8.87. The van der Waals surface area contributed by atoms with Crippen LogP contribution in [0.3, 0.4) is 0 Å². The van der Waals surface area contributed by atoms with Crippen LogP contribution in [0.25, 0.3) is 0 Å². The van der Waals surface area contributed by atoms with Gasteiger partial charge in [-0.3, -0.25) is 4.79 Å². The Bertz CT molecular complexity index is 220. The van der Waals surface area contributed by atoms with Gasteiger partial charge in [-0.25, -0.2) is 0 Å². The fourth-order valence-electron chi connectivity index (χ4n) is 2.48. The van der Waals surface area contributed by atoms with Crippen LogP contribution in [-0.2, 0) is 4.79 Å². The zero-order valence-electron chi connectivity index (χ0n) is 6.53. The van der Waals surface area contributed by atoms with Gasteiger partial charge < -0.3 is 5.11 Å². The van der Waals surface area contributed by atoms with Gasteiger partial charge in [-0.2, -0.15) is 0 Å². The summed E-state index contributed by atoms with van der Waals surface area (Å²) < 4.78 is 0. The second-order valence-corrected chi connectivity index (χ2v) is 3.67. The molecule has 11 heavy (non-hydrogen) atoms. The first-order valence-electron chi connectivity index (χ1n) is 4.11. The highest BCUT2D eigenvalue weighted by atomic mass is 16.4. The van der Waals surface area contributed by atoms with Gasteiger partial charge in [-0.05, 0) is 24.2 Å². The summed E-state index contributed by atoms with van der Waals surface area (Å²) >= 11 is 0. The average molecular weight is 152 g/mol. The van der Waals surface area contributed by atoms with Crippen LogP contribution in [0.4, 0.5) is 0 Å². The first-order valence-corrected chi connectivity index (χ1v) is 4.11. The monoisotopic (exact) mass is 152 g/mol. The minimum atomic E-state index is -0.616. The summed E-state index contributed by atoms with van der Waals surface area (Å²) in [5.41, 5.74) is 0. The Labute approximate surface area is 65.9 Å². The zero-order valence-corrected chi connectivity index (χ0v) is 6.53. The highest BCUT2D eigenvalue weighted by molar-refractivity contribution is 5.72. The van der Waals surface area contributed by atoms with Crippen molar-refractivity contribution in [2.45, 2.75) is 13.3 Å². The maximum absolute atomic E-state index is 10.8. The third kappa shape index (κ3) is 0.817. The van der Waals surface area contributed by atoms with Crippen LogP contribution in [0.5, 0.6) is 0 Å². The minimum Gasteiger partial charge on any atom is -0.481 e. The molecule has 0 saturated heterocycles. The SMILES string of the molecule is C[C@@H]1[C@@H](C(=O)O)[C@H]2C=C[C@H]1C2. The molecule has 1 fully saturated rings. The molecule has 1 N–H and O–H groups in total. The molecule has 0 spiro atoms. The zero-order chi connectivity index (χ0) is 8.01. The quantitative estimate of drug-likeness (QED) is 0.578. The number of carboxylic acids is 1. The van der Waals surface area contributed by atoms with Gasteiger partial charge in [0, 0.05) is 0 Å². The number of hydrogen-bond acceptors (Lipinski definition) is 1. The average Bonchev–Trinajstić information content (AvgIpc) is 2.44. The van der Waals surface area contributed by atoms with E-state index in [-0.39, 0.29) is 5.92 Å². The summed E-state index contributed by atoms with van der Waals surface area (Å²) in [7, 11) is 0. The maximum Gasteiger partial charge on any atom is 0.307 e. The molecular formula is C9H12O2. The lowest BCUT2D eigenvalue weighted by Gasteiger charge is -2.19. The van der Waals surface area contributed by atoms with Crippen molar-refractivity contribution in [3.05, 3.63) is 12.2 Å². The molecule has 0 aromatic heterocycles. The van der Waals surface area contributed by atoms with Crippen LogP contribution < -0.4 is 0 Å². The van der Waals surface area contributed by atoms with Crippen molar-refractivity contribution < 1.29 is 9.90 Å². The van der Waals surface area contributed by atoms with Crippen molar-refractivity contribution in [3.63, 3.8) is 0 Å². The lowest BCUT2D eigenvalue weighted by molar-refractivity contribution is -0.144. The summed E-state index contributed by atoms with van der Waals surface area (Å²) in [4.78, 5) is 10.8. The number of fused-ring (bicyclic) bond motifs is 2. The lowest BCUT2D eigenvalue weighted by Crippen LogP contribution is -2.25.